The maximum Gasteiger partial charge on any atom is 0.251 e. The Bertz CT molecular complexity index is 769. The first kappa shape index (κ1) is 13.4. The lowest BCUT2D eigenvalue weighted by Gasteiger charge is -2.06. The van der Waals surface area contributed by atoms with Crippen molar-refractivity contribution in [1.82, 2.24) is 15.3 Å². The molecule has 2 aromatic heterocycles. The molecule has 1 amide bonds. The summed E-state index contributed by atoms with van der Waals surface area (Å²) in [5, 5.41) is 3.96. The van der Waals surface area contributed by atoms with E-state index in [1.165, 1.54) is 0 Å². The maximum atomic E-state index is 11.9. The van der Waals surface area contributed by atoms with Crippen LogP contribution in [0.25, 0.3) is 22.2 Å². The van der Waals surface area contributed by atoms with Crippen LogP contribution in [0, 0.1) is 0 Å². The average molecular weight is 283 g/mol. The Morgan fingerprint density at radius 3 is 2.81 bits per heavy atom. The number of carbonyl (C=O) groups is 1. The van der Waals surface area contributed by atoms with Gasteiger partial charge in [-0.1, -0.05) is 19.1 Å². The smallest absolute Gasteiger partial charge is 0.251 e. The van der Waals surface area contributed by atoms with Crippen LogP contribution in [0.15, 0.2) is 48.8 Å². The van der Waals surface area contributed by atoms with Crippen molar-refractivity contribution in [3.05, 3.63) is 54.4 Å². The number of pyridine rings is 1. The van der Waals surface area contributed by atoms with Crippen LogP contribution in [0.3, 0.4) is 0 Å². The number of nitrogens with zero attached hydrogens (tertiary/aromatic N) is 1. The molecule has 110 valence electrons. The van der Waals surface area contributed by atoms with Crippen molar-refractivity contribution in [2.45, 2.75) is 13.3 Å². The van der Waals surface area contributed by atoms with Crippen molar-refractivity contribution in [2.24, 2.45) is 0 Å². The summed E-state index contributed by atoms with van der Waals surface area (Å²) in [6.45, 7) is 2.74. The molecule has 0 aliphatic heterocycles. The van der Waals surface area contributed by atoms with Gasteiger partial charge in [0.05, 0.1) is 0 Å². The van der Waals surface area contributed by atoms with Gasteiger partial charge in [0.2, 0.25) is 0 Å². The van der Waals surface area contributed by atoms with E-state index in [2.05, 4.69) is 15.3 Å². The molecule has 0 unspecified atom stereocenters. The molecule has 0 aliphatic carbocycles. The zero-order valence-electron chi connectivity index (χ0n) is 11.9. The molecule has 3 aromatic rings. The van der Waals surface area contributed by atoms with E-state index in [4.69, 9.17) is 0 Å². The summed E-state index contributed by atoms with van der Waals surface area (Å²) in [4.78, 5) is 19.3. The number of aromatic nitrogens is 2. The molecule has 4 heteroatoms. The van der Waals surface area contributed by atoms with Gasteiger partial charge in [-0.3, -0.25) is 4.79 Å². The van der Waals surface area contributed by atoms with E-state index < -0.39 is 0 Å². The summed E-state index contributed by atoms with van der Waals surface area (Å²) in [6.07, 6.45) is 4.61. The Hall–Kier alpha value is -2.62. The number of carbonyl (C=O) groups excluding carboxylic acids is 1. The van der Waals surface area contributed by atoms with Crippen molar-refractivity contribution in [2.75, 3.05) is 6.54 Å². The van der Waals surface area contributed by atoms with Crippen molar-refractivity contribution in [3.63, 3.8) is 0 Å². The standard InChI is InChI=1S/C17H17N3O.2H2/c1-2-9-20-17(21)13-5-3-12(4-6-13)14-7-10-18-16-15(14)8-11-19-16;;/h3-8,10-11H,2,9H2,1H3,(H,18,19)(H,20,21);2*1H. The average Bonchev–Trinajstić information content (AvgIpc) is 3.01. The van der Waals surface area contributed by atoms with Gasteiger partial charge >= 0.3 is 0 Å². The summed E-state index contributed by atoms with van der Waals surface area (Å²) >= 11 is 0. The van der Waals surface area contributed by atoms with E-state index in [1.54, 1.807) is 6.20 Å². The molecule has 2 heterocycles. The second kappa shape index (κ2) is 5.79. The molecular formula is C17H21N3O. The van der Waals surface area contributed by atoms with E-state index in [1.807, 2.05) is 49.5 Å². The summed E-state index contributed by atoms with van der Waals surface area (Å²) in [7, 11) is 0. The number of nitrogens with one attached hydrogen (secondary N) is 2. The fraction of sp³-hybridized carbons (Fsp3) is 0.176. The molecule has 0 saturated heterocycles. The number of fused-ring (bicyclic) bond motifs is 1. The molecule has 3 rings (SSSR count). The van der Waals surface area contributed by atoms with Gasteiger partial charge in [0, 0.05) is 32.7 Å². The van der Waals surface area contributed by atoms with Gasteiger partial charge in [0.25, 0.3) is 5.91 Å². The lowest BCUT2D eigenvalue weighted by Crippen LogP contribution is -2.23. The van der Waals surface area contributed by atoms with Gasteiger partial charge in [-0.05, 0) is 41.8 Å². The predicted molar refractivity (Wildman–Crippen MR) is 88.4 cm³/mol. The first-order valence-corrected chi connectivity index (χ1v) is 7.10. The highest BCUT2D eigenvalue weighted by Crippen LogP contribution is 2.26. The van der Waals surface area contributed by atoms with Crippen molar-refractivity contribution in [3.8, 4) is 11.1 Å². The van der Waals surface area contributed by atoms with Crippen LogP contribution in [-0.2, 0) is 0 Å². The highest BCUT2D eigenvalue weighted by atomic mass is 16.1. The largest absolute Gasteiger partial charge is 0.352 e. The molecule has 1 aromatic carbocycles. The Kier molecular flexibility index (Phi) is 3.69. The molecule has 0 bridgehead atoms. The van der Waals surface area contributed by atoms with Crippen LogP contribution >= 0.6 is 0 Å². The van der Waals surface area contributed by atoms with Gasteiger partial charge in [-0.15, -0.1) is 0 Å². The minimum atomic E-state index is -0.0232. The Labute approximate surface area is 126 Å². The summed E-state index contributed by atoms with van der Waals surface area (Å²) in [5.74, 6) is -0.0232. The van der Waals surface area contributed by atoms with Crippen LogP contribution in [-0.4, -0.2) is 22.4 Å². The number of benzene rings is 1. The van der Waals surface area contributed by atoms with Gasteiger partial charge in [-0.25, -0.2) is 4.98 Å². The van der Waals surface area contributed by atoms with Crippen molar-refractivity contribution in [1.29, 1.82) is 0 Å². The third kappa shape index (κ3) is 2.65. The number of aromatic amines is 1. The fourth-order valence-electron chi connectivity index (χ4n) is 2.35. The second-order valence-corrected chi connectivity index (χ2v) is 4.93. The number of H-pyrrole nitrogens is 1. The topological polar surface area (TPSA) is 57.8 Å². The zero-order valence-corrected chi connectivity index (χ0v) is 11.9. The normalized spacial score (nSPS) is 10.7. The predicted octanol–water partition coefficient (Wildman–Crippen LogP) is 3.86. The number of rotatable bonds is 4. The molecular weight excluding hydrogens is 262 g/mol. The van der Waals surface area contributed by atoms with Crippen LogP contribution in [0.2, 0.25) is 0 Å². The van der Waals surface area contributed by atoms with E-state index in [-0.39, 0.29) is 8.76 Å². The molecule has 0 radical (unpaired) electrons. The summed E-state index contributed by atoms with van der Waals surface area (Å²) in [6, 6.07) is 11.7. The second-order valence-electron chi connectivity index (χ2n) is 4.93. The molecule has 0 fully saturated rings. The first-order valence-electron chi connectivity index (χ1n) is 7.10. The number of hydrogen-bond acceptors (Lipinski definition) is 2. The van der Waals surface area contributed by atoms with E-state index >= 15 is 0 Å². The summed E-state index contributed by atoms with van der Waals surface area (Å²) < 4.78 is 0. The molecule has 0 aliphatic rings. The molecule has 0 saturated carbocycles. The van der Waals surface area contributed by atoms with Gasteiger partial charge < -0.3 is 10.3 Å². The van der Waals surface area contributed by atoms with Crippen molar-refractivity contribution < 1.29 is 7.65 Å². The lowest BCUT2D eigenvalue weighted by atomic mass is 10.0. The van der Waals surface area contributed by atoms with Gasteiger partial charge in [0.1, 0.15) is 5.65 Å². The third-order valence-corrected chi connectivity index (χ3v) is 3.45. The monoisotopic (exact) mass is 283 g/mol. The quantitative estimate of drug-likeness (QED) is 0.763. The van der Waals surface area contributed by atoms with Crippen molar-refractivity contribution >= 4 is 16.9 Å². The Morgan fingerprint density at radius 2 is 2.05 bits per heavy atom. The minimum absolute atomic E-state index is 0. The van der Waals surface area contributed by atoms with E-state index in [0.717, 1.165) is 28.6 Å². The summed E-state index contributed by atoms with van der Waals surface area (Å²) in [5.41, 5.74) is 3.75. The fourth-order valence-corrected chi connectivity index (χ4v) is 2.35. The molecule has 2 N–H and O–H groups in total. The third-order valence-electron chi connectivity index (χ3n) is 3.45. The number of hydrogen-bond donors (Lipinski definition) is 2. The zero-order chi connectivity index (χ0) is 14.7. The SMILES string of the molecule is CCCNC(=O)c1ccc(-c2ccnc3[nH]ccc23)cc1.[HH].[HH]. The first-order chi connectivity index (χ1) is 10.3. The Morgan fingerprint density at radius 1 is 1.24 bits per heavy atom. The van der Waals surface area contributed by atoms with Crippen LogP contribution in [0.4, 0.5) is 0 Å². The van der Waals surface area contributed by atoms with Crippen LogP contribution in [0.1, 0.15) is 26.6 Å². The van der Waals surface area contributed by atoms with Crippen LogP contribution in [0.5, 0.6) is 0 Å². The highest BCUT2D eigenvalue weighted by molar-refractivity contribution is 5.96. The molecule has 0 atom stereocenters. The highest BCUT2D eigenvalue weighted by Gasteiger charge is 2.07. The van der Waals surface area contributed by atoms with Gasteiger partial charge in [-0.2, -0.15) is 0 Å². The molecule has 0 spiro atoms. The molecule has 21 heavy (non-hydrogen) atoms. The van der Waals surface area contributed by atoms with Crippen LogP contribution < -0.4 is 5.32 Å². The maximum absolute atomic E-state index is 11.9. The minimum Gasteiger partial charge on any atom is -0.352 e. The lowest BCUT2D eigenvalue weighted by molar-refractivity contribution is 0.0953. The van der Waals surface area contributed by atoms with E-state index in [9.17, 15) is 4.79 Å². The van der Waals surface area contributed by atoms with Gasteiger partial charge in [0.15, 0.2) is 0 Å². The Balaban J connectivity index is 0.00000132. The number of amides is 1. The van der Waals surface area contributed by atoms with E-state index in [0.29, 0.717) is 12.1 Å². The molecule has 4 nitrogen and oxygen atoms in total.